The van der Waals surface area contributed by atoms with Crippen LogP contribution >= 0.6 is 0 Å². The highest BCUT2D eigenvalue weighted by Crippen LogP contribution is 2.40. The molecule has 0 radical (unpaired) electrons. The van der Waals surface area contributed by atoms with E-state index in [-0.39, 0.29) is 0 Å². The third-order valence-corrected chi connectivity index (χ3v) is 12.2. The molecule has 12 aromatic rings. The Morgan fingerprint density at radius 1 is 0.226 bits per heavy atom. The minimum atomic E-state index is 0.861. The van der Waals surface area contributed by atoms with Crippen molar-refractivity contribution in [3.05, 3.63) is 231 Å². The number of fused-ring (bicyclic) bond motifs is 6. The molecule has 4 heteroatoms. The second-order valence-electron chi connectivity index (χ2n) is 15.9. The molecule has 62 heavy (non-hydrogen) atoms. The largest absolute Gasteiger partial charge is 0.294 e. The van der Waals surface area contributed by atoms with Crippen LogP contribution in [0.1, 0.15) is 0 Å². The Hall–Kier alpha value is -8.34. The van der Waals surface area contributed by atoms with Crippen LogP contribution < -0.4 is 0 Å². The molecule has 0 unspecified atom stereocenters. The molecule has 4 heterocycles. The van der Waals surface area contributed by atoms with Gasteiger partial charge in [0.2, 0.25) is 0 Å². The summed E-state index contributed by atoms with van der Waals surface area (Å²) in [5.74, 6) is 1.72. The van der Waals surface area contributed by atoms with Crippen LogP contribution in [-0.4, -0.2) is 19.1 Å². The van der Waals surface area contributed by atoms with Gasteiger partial charge in [-0.05, 0) is 128 Å². The molecule has 0 N–H and O–H groups in total. The maximum Gasteiger partial charge on any atom is 0.138 e. The normalized spacial score (nSPS) is 11.5. The number of hydrogen-bond acceptors (Lipinski definition) is 2. The molecule has 0 amide bonds. The van der Waals surface area contributed by atoms with Crippen molar-refractivity contribution in [1.29, 1.82) is 0 Å². The fourth-order valence-electron chi connectivity index (χ4n) is 9.22. The molecule has 0 saturated heterocycles. The third-order valence-electron chi connectivity index (χ3n) is 12.2. The quantitative estimate of drug-likeness (QED) is 0.161. The molecular weight excluding hydrogens is 753 g/mol. The Morgan fingerprint density at radius 2 is 0.484 bits per heavy atom. The van der Waals surface area contributed by atoms with E-state index in [4.69, 9.17) is 9.97 Å². The molecule has 0 saturated carbocycles. The highest BCUT2D eigenvalue weighted by Gasteiger charge is 2.19. The van der Waals surface area contributed by atoms with Gasteiger partial charge in [-0.1, -0.05) is 146 Å². The van der Waals surface area contributed by atoms with E-state index in [2.05, 4.69) is 228 Å². The molecule has 290 valence electrons. The SMILES string of the molecule is c1ccc(-c2ccc3c(c2)c2cc(-c4ccccc4)ccc2n3-c2cc(-c3ccnc(-n4c5ccc(-c6ccccc6)cc5c5cc(-c6ccccc6)ccc54)c3)ccn2)cc1. The second kappa shape index (κ2) is 14.7. The zero-order chi connectivity index (χ0) is 41.0. The smallest absolute Gasteiger partial charge is 0.138 e. The molecule has 0 aliphatic carbocycles. The van der Waals surface area contributed by atoms with Gasteiger partial charge in [0.05, 0.1) is 22.1 Å². The summed E-state index contributed by atoms with van der Waals surface area (Å²) in [6.07, 6.45) is 3.85. The summed E-state index contributed by atoms with van der Waals surface area (Å²) in [6, 6.07) is 78.2. The van der Waals surface area contributed by atoms with Crippen LogP contribution in [0.5, 0.6) is 0 Å². The molecule has 0 aliphatic rings. The van der Waals surface area contributed by atoms with Crippen molar-refractivity contribution in [2.24, 2.45) is 0 Å². The van der Waals surface area contributed by atoms with Gasteiger partial charge in [0.1, 0.15) is 11.6 Å². The summed E-state index contributed by atoms with van der Waals surface area (Å²) in [5.41, 5.74) is 16.1. The van der Waals surface area contributed by atoms with Crippen molar-refractivity contribution in [2.75, 3.05) is 0 Å². The molecule has 0 aliphatic heterocycles. The van der Waals surface area contributed by atoms with Crippen LogP contribution in [0.15, 0.2) is 231 Å². The average Bonchev–Trinajstić information content (AvgIpc) is 3.86. The number of nitrogens with zero attached hydrogens (tertiary/aromatic N) is 4. The first kappa shape index (κ1) is 35.6. The number of aromatic nitrogens is 4. The van der Waals surface area contributed by atoms with Gasteiger partial charge in [-0.15, -0.1) is 0 Å². The van der Waals surface area contributed by atoms with E-state index in [1.165, 1.54) is 66.1 Å². The molecule has 0 spiro atoms. The summed E-state index contributed by atoms with van der Waals surface area (Å²) >= 11 is 0. The lowest BCUT2D eigenvalue weighted by Gasteiger charge is -2.12. The fraction of sp³-hybridized carbons (Fsp3) is 0. The Bertz CT molecular complexity index is 3170. The van der Waals surface area contributed by atoms with Crippen molar-refractivity contribution in [1.82, 2.24) is 19.1 Å². The van der Waals surface area contributed by atoms with Gasteiger partial charge >= 0.3 is 0 Å². The molecule has 4 nitrogen and oxygen atoms in total. The fourth-order valence-corrected chi connectivity index (χ4v) is 9.22. The molecule has 0 fully saturated rings. The van der Waals surface area contributed by atoms with E-state index >= 15 is 0 Å². The standard InChI is InChI=1S/C58H38N4/c1-5-13-39(14-6-1)43-21-25-53-49(33-43)50-34-44(40-15-7-2-8-16-40)22-26-54(50)61(53)57-37-47(29-31-59-57)48-30-32-60-58(38-48)62-55-27-23-45(41-17-9-3-10-18-41)35-51(55)52-36-46(24-28-56(52)62)42-19-11-4-12-20-42/h1-38H. The van der Waals surface area contributed by atoms with E-state index in [9.17, 15) is 0 Å². The number of rotatable bonds is 7. The van der Waals surface area contributed by atoms with Gasteiger partial charge in [-0.3, -0.25) is 9.13 Å². The van der Waals surface area contributed by atoms with Gasteiger partial charge in [-0.25, -0.2) is 9.97 Å². The summed E-state index contributed by atoms with van der Waals surface area (Å²) in [5, 5.41) is 4.76. The van der Waals surface area contributed by atoms with E-state index < -0.39 is 0 Å². The molecule has 4 aromatic heterocycles. The number of hydrogen-bond donors (Lipinski definition) is 0. The van der Waals surface area contributed by atoms with Crippen LogP contribution in [0, 0.1) is 0 Å². The highest BCUT2D eigenvalue weighted by atomic mass is 15.1. The van der Waals surface area contributed by atoms with E-state index in [0.29, 0.717) is 0 Å². The van der Waals surface area contributed by atoms with Crippen molar-refractivity contribution < 1.29 is 0 Å². The maximum absolute atomic E-state index is 5.03. The lowest BCUT2D eigenvalue weighted by Crippen LogP contribution is -1.99. The highest BCUT2D eigenvalue weighted by molar-refractivity contribution is 6.13. The second-order valence-corrected chi connectivity index (χ2v) is 15.9. The molecular formula is C58H38N4. The number of benzene rings is 8. The Morgan fingerprint density at radius 3 is 0.758 bits per heavy atom. The van der Waals surface area contributed by atoms with Gasteiger partial charge in [0.25, 0.3) is 0 Å². The van der Waals surface area contributed by atoms with E-state index in [0.717, 1.165) is 44.8 Å². The lowest BCUT2D eigenvalue weighted by molar-refractivity contribution is 1.07. The Balaban J connectivity index is 1.00. The van der Waals surface area contributed by atoms with Crippen molar-refractivity contribution in [3.8, 4) is 67.3 Å². The first-order valence-electron chi connectivity index (χ1n) is 21.0. The zero-order valence-electron chi connectivity index (χ0n) is 33.7. The van der Waals surface area contributed by atoms with E-state index in [1.807, 2.05) is 12.4 Å². The summed E-state index contributed by atoms with van der Waals surface area (Å²) in [4.78, 5) is 10.1. The number of pyridine rings is 2. The first-order valence-corrected chi connectivity index (χ1v) is 21.0. The summed E-state index contributed by atoms with van der Waals surface area (Å²) in [7, 11) is 0. The van der Waals surface area contributed by atoms with Crippen LogP contribution in [-0.2, 0) is 0 Å². The predicted molar refractivity (Wildman–Crippen MR) is 258 cm³/mol. The van der Waals surface area contributed by atoms with Crippen LogP contribution in [0.25, 0.3) is 111 Å². The average molecular weight is 791 g/mol. The van der Waals surface area contributed by atoms with Crippen molar-refractivity contribution >= 4 is 43.6 Å². The predicted octanol–water partition coefficient (Wildman–Crippen LogP) is 15.0. The molecule has 0 atom stereocenters. The molecule has 0 bridgehead atoms. The summed E-state index contributed by atoms with van der Waals surface area (Å²) in [6.45, 7) is 0. The van der Waals surface area contributed by atoms with E-state index in [1.54, 1.807) is 0 Å². The zero-order valence-corrected chi connectivity index (χ0v) is 33.7. The maximum atomic E-state index is 5.03. The minimum absolute atomic E-state index is 0.861. The first-order chi connectivity index (χ1) is 30.7. The Kier molecular flexibility index (Phi) is 8.46. The minimum Gasteiger partial charge on any atom is -0.294 e. The van der Waals surface area contributed by atoms with Crippen LogP contribution in [0.3, 0.4) is 0 Å². The topological polar surface area (TPSA) is 35.6 Å². The van der Waals surface area contributed by atoms with Crippen molar-refractivity contribution in [3.63, 3.8) is 0 Å². The third kappa shape index (κ3) is 6.08. The van der Waals surface area contributed by atoms with Gasteiger partial charge in [0.15, 0.2) is 0 Å². The van der Waals surface area contributed by atoms with Crippen LogP contribution in [0.2, 0.25) is 0 Å². The lowest BCUT2D eigenvalue weighted by atomic mass is 10.0. The monoisotopic (exact) mass is 790 g/mol. The van der Waals surface area contributed by atoms with Crippen LogP contribution in [0.4, 0.5) is 0 Å². The van der Waals surface area contributed by atoms with Crippen molar-refractivity contribution in [2.45, 2.75) is 0 Å². The molecule has 8 aromatic carbocycles. The van der Waals surface area contributed by atoms with Gasteiger partial charge in [0, 0.05) is 33.9 Å². The van der Waals surface area contributed by atoms with Gasteiger partial charge in [-0.2, -0.15) is 0 Å². The Labute approximate surface area is 359 Å². The van der Waals surface area contributed by atoms with Gasteiger partial charge < -0.3 is 0 Å². The molecule has 12 rings (SSSR count). The summed E-state index contributed by atoms with van der Waals surface area (Å²) < 4.78 is 4.61.